The quantitative estimate of drug-likeness (QED) is 0.0943. The lowest BCUT2D eigenvalue weighted by atomic mass is 10.1. The Bertz CT molecular complexity index is 1440. The van der Waals surface area contributed by atoms with Crippen molar-refractivity contribution in [3.8, 4) is 17.2 Å². The van der Waals surface area contributed by atoms with Gasteiger partial charge in [-0.15, -0.1) is 10.2 Å². The predicted molar refractivity (Wildman–Crippen MR) is 153 cm³/mol. The smallest absolute Gasteiger partial charge is 0.220 e. The van der Waals surface area contributed by atoms with Crippen LogP contribution in [0, 0.1) is 17.0 Å². The van der Waals surface area contributed by atoms with E-state index in [1.165, 1.54) is 11.8 Å². The number of aromatic nitrogens is 3. The topological polar surface area (TPSA) is 92.3 Å². The highest BCUT2D eigenvalue weighted by Gasteiger charge is 2.26. The molecule has 4 aromatic rings. The highest BCUT2D eigenvalue weighted by molar-refractivity contribution is 9.10. The van der Waals surface area contributed by atoms with E-state index in [0.717, 1.165) is 11.3 Å². The zero-order chi connectivity index (χ0) is 27.2. The first-order chi connectivity index (χ1) is 18.3. The van der Waals surface area contributed by atoms with Crippen molar-refractivity contribution in [1.29, 1.82) is 0 Å². The van der Waals surface area contributed by atoms with Crippen LogP contribution in [0.5, 0.6) is 11.5 Å². The van der Waals surface area contributed by atoms with Crippen molar-refractivity contribution in [3.05, 3.63) is 102 Å². The maximum atomic E-state index is 11.7. The van der Waals surface area contributed by atoms with E-state index >= 15 is 0 Å². The summed E-state index contributed by atoms with van der Waals surface area (Å²) < 4.78 is 14.4. The van der Waals surface area contributed by atoms with Gasteiger partial charge in [0.15, 0.2) is 16.7 Å². The minimum atomic E-state index is -0.577. The molecule has 3 aromatic carbocycles. The van der Waals surface area contributed by atoms with Gasteiger partial charge >= 0.3 is 0 Å². The molecule has 198 valence electrons. The molecular weight excluding hydrogens is 615 g/mol. The Labute approximate surface area is 242 Å². The number of halogens is 3. The third-order valence-corrected chi connectivity index (χ3v) is 7.82. The third kappa shape index (κ3) is 6.79. The van der Waals surface area contributed by atoms with E-state index < -0.39 is 5.25 Å². The Balaban J connectivity index is 1.67. The van der Waals surface area contributed by atoms with Gasteiger partial charge in [-0.1, -0.05) is 59.2 Å². The largest absolute Gasteiger partial charge is 0.490 e. The number of rotatable bonds is 11. The van der Waals surface area contributed by atoms with Gasteiger partial charge in [0.05, 0.1) is 11.1 Å². The number of thioether (sulfide) groups is 1. The van der Waals surface area contributed by atoms with Crippen LogP contribution >= 0.6 is 50.9 Å². The molecule has 0 unspecified atom stereocenters. The highest BCUT2D eigenvalue weighted by Crippen LogP contribution is 2.43. The number of nitro groups is 1. The van der Waals surface area contributed by atoms with Crippen molar-refractivity contribution < 1.29 is 14.4 Å². The molecule has 0 fully saturated rings. The van der Waals surface area contributed by atoms with Gasteiger partial charge in [-0.3, -0.25) is 14.7 Å². The van der Waals surface area contributed by atoms with Crippen molar-refractivity contribution >= 4 is 50.9 Å². The van der Waals surface area contributed by atoms with E-state index in [1.54, 1.807) is 30.3 Å². The van der Waals surface area contributed by atoms with Gasteiger partial charge in [0, 0.05) is 26.2 Å². The number of hydrogen-bond acceptors (Lipinski definition) is 7. The summed E-state index contributed by atoms with van der Waals surface area (Å²) in [6.45, 7) is 3.93. The van der Waals surface area contributed by atoms with Gasteiger partial charge in [-0.2, -0.15) is 0 Å². The summed E-state index contributed by atoms with van der Waals surface area (Å²) in [6, 6.07) is 18.4. The van der Waals surface area contributed by atoms with Gasteiger partial charge in [-0.25, -0.2) is 0 Å². The van der Waals surface area contributed by atoms with Crippen LogP contribution in [0.4, 0.5) is 0 Å². The van der Waals surface area contributed by atoms with Crippen molar-refractivity contribution in [3.63, 3.8) is 0 Å². The summed E-state index contributed by atoms with van der Waals surface area (Å²) >= 11 is 17.1. The van der Waals surface area contributed by atoms with Crippen LogP contribution in [0.3, 0.4) is 0 Å². The third-order valence-electron chi connectivity index (χ3n) is 5.46. The maximum Gasteiger partial charge on any atom is 0.220 e. The van der Waals surface area contributed by atoms with Crippen LogP contribution in [0.15, 0.2) is 70.3 Å². The molecule has 1 aromatic heterocycles. The SMILES string of the molecule is CCOc1cc([C@H](C[N+](=O)[O-])Sc2nnc(C)n2-c2ccccc2)cc(Br)c1OCc1ccc(Cl)cc1Cl. The lowest BCUT2D eigenvalue weighted by Crippen LogP contribution is -2.12. The molecule has 1 atom stereocenters. The predicted octanol–water partition coefficient (Wildman–Crippen LogP) is 7.73. The normalized spacial score (nSPS) is 11.8. The molecule has 0 aliphatic rings. The zero-order valence-electron chi connectivity index (χ0n) is 20.4. The molecule has 1 heterocycles. The monoisotopic (exact) mass is 636 g/mol. The van der Waals surface area contributed by atoms with Crippen LogP contribution < -0.4 is 9.47 Å². The van der Waals surface area contributed by atoms with Crippen molar-refractivity contribution in [1.82, 2.24) is 14.8 Å². The van der Waals surface area contributed by atoms with E-state index in [1.807, 2.05) is 48.7 Å². The first-order valence-electron chi connectivity index (χ1n) is 11.6. The van der Waals surface area contributed by atoms with Crippen molar-refractivity contribution in [2.45, 2.75) is 30.9 Å². The number of nitrogens with zero attached hydrogens (tertiary/aromatic N) is 4. The summed E-state index contributed by atoms with van der Waals surface area (Å²) in [6.07, 6.45) is 0. The second kappa shape index (κ2) is 12.8. The molecule has 8 nitrogen and oxygen atoms in total. The molecule has 0 amide bonds. The molecule has 0 spiro atoms. The molecule has 0 radical (unpaired) electrons. The second-order valence-corrected chi connectivity index (χ2v) is 11.0. The van der Waals surface area contributed by atoms with E-state index in [9.17, 15) is 10.1 Å². The Kier molecular flexibility index (Phi) is 9.54. The average Bonchev–Trinajstić information content (AvgIpc) is 3.24. The fourth-order valence-electron chi connectivity index (χ4n) is 3.73. The van der Waals surface area contributed by atoms with Gasteiger partial charge in [0.2, 0.25) is 6.54 Å². The van der Waals surface area contributed by atoms with Crippen LogP contribution in [0.25, 0.3) is 5.69 Å². The lowest BCUT2D eigenvalue weighted by molar-refractivity contribution is -0.479. The Morgan fingerprint density at radius 3 is 2.55 bits per heavy atom. The van der Waals surface area contributed by atoms with Gasteiger partial charge < -0.3 is 9.47 Å². The van der Waals surface area contributed by atoms with Crippen LogP contribution in [-0.4, -0.2) is 32.8 Å². The number of benzene rings is 3. The molecule has 12 heteroatoms. The summed E-state index contributed by atoms with van der Waals surface area (Å²) in [7, 11) is 0. The summed E-state index contributed by atoms with van der Waals surface area (Å²) in [5.41, 5.74) is 2.31. The van der Waals surface area contributed by atoms with Crippen molar-refractivity contribution in [2.75, 3.05) is 13.2 Å². The number of ether oxygens (including phenoxy) is 2. The number of hydrogen-bond donors (Lipinski definition) is 0. The Hall–Kier alpha value is -2.79. The molecule has 0 aliphatic heterocycles. The van der Waals surface area contributed by atoms with Gasteiger partial charge in [0.25, 0.3) is 0 Å². The molecular formula is C26H23BrCl2N4O4S. The molecule has 38 heavy (non-hydrogen) atoms. The fourth-order valence-corrected chi connectivity index (χ4v) is 5.92. The van der Waals surface area contributed by atoms with E-state index in [2.05, 4.69) is 26.1 Å². The molecule has 0 N–H and O–H groups in total. The Morgan fingerprint density at radius 1 is 1.11 bits per heavy atom. The van der Waals surface area contributed by atoms with Gasteiger partial charge in [-0.05, 0) is 71.7 Å². The highest BCUT2D eigenvalue weighted by atomic mass is 79.9. The molecule has 0 saturated heterocycles. The van der Waals surface area contributed by atoms with Crippen LogP contribution in [-0.2, 0) is 6.61 Å². The molecule has 0 saturated carbocycles. The van der Waals surface area contributed by atoms with Crippen LogP contribution in [0.1, 0.15) is 29.1 Å². The zero-order valence-corrected chi connectivity index (χ0v) is 24.4. The van der Waals surface area contributed by atoms with E-state index in [-0.39, 0.29) is 18.1 Å². The first kappa shape index (κ1) is 28.2. The average molecular weight is 638 g/mol. The summed E-state index contributed by atoms with van der Waals surface area (Å²) in [5.74, 6) is 1.60. The summed E-state index contributed by atoms with van der Waals surface area (Å²) in [5, 5.41) is 21.2. The minimum absolute atomic E-state index is 0.181. The minimum Gasteiger partial charge on any atom is -0.490 e. The number of aryl methyl sites for hydroxylation is 1. The molecule has 0 bridgehead atoms. The molecule has 4 rings (SSSR count). The first-order valence-corrected chi connectivity index (χ1v) is 14.0. The van der Waals surface area contributed by atoms with Crippen molar-refractivity contribution in [2.24, 2.45) is 0 Å². The van der Waals surface area contributed by atoms with E-state index in [4.69, 9.17) is 32.7 Å². The lowest BCUT2D eigenvalue weighted by Gasteiger charge is -2.19. The fraction of sp³-hybridized carbons (Fsp3) is 0.231. The molecule has 0 aliphatic carbocycles. The van der Waals surface area contributed by atoms with E-state index in [0.29, 0.717) is 49.2 Å². The van der Waals surface area contributed by atoms with Crippen LogP contribution in [0.2, 0.25) is 10.0 Å². The maximum absolute atomic E-state index is 11.7. The second-order valence-electron chi connectivity index (χ2n) is 8.11. The Morgan fingerprint density at radius 2 is 1.87 bits per heavy atom. The van der Waals surface area contributed by atoms with Gasteiger partial charge in [0.1, 0.15) is 17.7 Å². The number of para-hydroxylation sites is 1. The summed E-state index contributed by atoms with van der Waals surface area (Å²) in [4.78, 5) is 11.3. The standard InChI is InChI=1S/C26H23BrCl2N4O4S/c1-3-36-23-12-18(11-21(27)25(23)37-15-17-9-10-19(28)13-22(17)29)24(14-32(34)35)38-26-31-30-16(2)33(26)20-7-5-4-6-8-20/h4-13,24H,3,14-15H2,1-2H3/t24-/m0/s1.